The average Bonchev–Trinajstić information content (AvgIpc) is 3.16. The molecular weight excluding hydrogens is 372 g/mol. The first-order valence-corrected chi connectivity index (χ1v) is 9.78. The van der Waals surface area contributed by atoms with E-state index in [-0.39, 0.29) is 5.91 Å². The first-order valence-electron chi connectivity index (χ1n) is 8.80. The molecule has 2 heterocycles. The molecule has 2 N–H and O–H groups in total. The second kappa shape index (κ2) is 8.18. The summed E-state index contributed by atoms with van der Waals surface area (Å²) < 4.78 is 0. The summed E-state index contributed by atoms with van der Waals surface area (Å²) in [7, 11) is 0. The molecule has 2 aromatic heterocycles. The van der Waals surface area contributed by atoms with Crippen LogP contribution in [0.15, 0.2) is 60.0 Å². The van der Waals surface area contributed by atoms with Crippen LogP contribution >= 0.6 is 11.8 Å². The van der Waals surface area contributed by atoms with Gasteiger partial charge in [0.25, 0.3) is 5.91 Å². The summed E-state index contributed by atoms with van der Waals surface area (Å²) >= 11 is 1.50. The lowest BCUT2D eigenvalue weighted by Crippen LogP contribution is -2.25. The number of nitrogens with one attached hydrogen (secondary N) is 2. The zero-order valence-corrected chi connectivity index (χ0v) is 16.0. The van der Waals surface area contributed by atoms with Crippen molar-refractivity contribution in [2.75, 3.05) is 12.3 Å². The van der Waals surface area contributed by atoms with Gasteiger partial charge in [-0.25, -0.2) is 4.98 Å². The van der Waals surface area contributed by atoms with E-state index in [0.717, 1.165) is 27.7 Å². The second-order valence-electron chi connectivity index (χ2n) is 6.22. The van der Waals surface area contributed by atoms with Crippen LogP contribution in [0, 0.1) is 6.92 Å². The smallest absolute Gasteiger partial charge is 0.251 e. The van der Waals surface area contributed by atoms with E-state index >= 15 is 0 Å². The molecular formula is C20H18N6OS. The summed E-state index contributed by atoms with van der Waals surface area (Å²) in [5.74, 6) is 1.40. The molecule has 0 bridgehead atoms. The number of aromatic nitrogens is 5. The Kier molecular flexibility index (Phi) is 5.29. The number of fused-ring (bicyclic) bond motifs is 1. The first-order chi connectivity index (χ1) is 13.7. The maximum Gasteiger partial charge on any atom is 0.251 e. The highest BCUT2D eigenvalue weighted by Gasteiger charge is 2.08. The Balaban J connectivity index is 1.40. The standard InChI is InChI=1S/C20H18N6OS/c1-13-24-20(26-25-13)28-9-8-21-19(27)17-5-4-14-10-16(3-2-15(14)11-17)18-6-7-22-23-12-18/h2-7,10-12H,8-9H2,1H3,(H,21,27)(H,24,25,26). The van der Waals surface area contributed by atoms with E-state index in [1.165, 1.54) is 11.8 Å². The molecule has 28 heavy (non-hydrogen) atoms. The van der Waals surface area contributed by atoms with Crippen LogP contribution in [0.1, 0.15) is 16.2 Å². The van der Waals surface area contributed by atoms with Crippen LogP contribution in [0.4, 0.5) is 0 Å². The number of nitrogens with zero attached hydrogens (tertiary/aromatic N) is 4. The van der Waals surface area contributed by atoms with Gasteiger partial charge in [0, 0.05) is 23.4 Å². The molecule has 0 aliphatic carbocycles. The van der Waals surface area contributed by atoms with E-state index in [9.17, 15) is 4.79 Å². The van der Waals surface area contributed by atoms with Crippen molar-refractivity contribution < 1.29 is 4.79 Å². The van der Waals surface area contributed by atoms with Gasteiger partial charge < -0.3 is 5.32 Å². The van der Waals surface area contributed by atoms with Crippen molar-refractivity contribution in [3.8, 4) is 11.1 Å². The minimum atomic E-state index is -0.0870. The van der Waals surface area contributed by atoms with Crippen molar-refractivity contribution >= 4 is 28.4 Å². The third kappa shape index (κ3) is 4.17. The Bertz CT molecular complexity index is 1110. The van der Waals surface area contributed by atoms with Gasteiger partial charge in [-0.1, -0.05) is 30.0 Å². The number of hydrogen-bond acceptors (Lipinski definition) is 6. The molecule has 4 rings (SSSR count). The number of H-pyrrole nitrogens is 1. The van der Waals surface area contributed by atoms with E-state index in [2.05, 4.69) is 36.8 Å². The number of benzene rings is 2. The zero-order valence-electron chi connectivity index (χ0n) is 15.2. The van der Waals surface area contributed by atoms with Crippen LogP contribution in [0.2, 0.25) is 0 Å². The predicted octanol–water partition coefficient (Wildman–Crippen LogP) is 3.25. The van der Waals surface area contributed by atoms with E-state index in [4.69, 9.17) is 0 Å². The van der Waals surface area contributed by atoms with Gasteiger partial charge >= 0.3 is 0 Å². The fourth-order valence-electron chi connectivity index (χ4n) is 2.82. The first kappa shape index (κ1) is 18.1. The average molecular weight is 390 g/mol. The largest absolute Gasteiger partial charge is 0.351 e. The SMILES string of the molecule is Cc1nc(SCCNC(=O)c2ccc3cc(-c4ccnnc4)ccc3c2)n[nH]1. The Hall–Kier alpha value is -3.26. The van der Waals surface area contributed by atoms with Crippen molar-refractivity contribution in [2.24, 2.45) is 0 Å². The van der Waals surface area contributed by atoms with Crippen LogP contribution in [0.5, 0.6) is 0 Å². The molecule has 1 amide bonds. The van der Waals surface area contributed by atoms with Crippen LogP contribution in [0.25, 0.3) is 21.9 Å². The maximum atomic E-state index is 12.4. The molecule has 7 nitrogen and oxygen atoms in total. The number of thioether (sulfide) groups is 1. The number of carbonyl (C=O) groups is 1. The van der Waals surface area contributed by atoms with E-state index in [0.29, 0.717) is 23.0 Å². The third-order valence-corrected chi connectivity index (χ3v) is 5.06. The second-order valence-corrected chi connectivity index (χ2v) is 7.28. The minimum Gasteiger partial charge on any atom is -0.351 e. The van der Waals surface area contributed by atoms with Gasteiger partial charge in [0.2, 0.25) is 5.16 Å². The van der Waals surface area contributed by atoms with Crippen LogP contribution < -0.4 is 5.32 Å². The van der Waals surface area contributed by atoms with E-state index in [1.54, 1.807) is 12.4 Å². The van der Waals surface area contributed by atoms with Crippen molar-refractivity contribution in [3.63, 3.8) is 0 Å². The predicted molar refractivity (Wildman–Crippen MR) is 109 cm³/mol. The van der Waals surface area contributed by atoms with Gasteiger partial charge in [0.15, 0.2) is 0 Å². The molecule has 0 unspecified atom stereocenters. The molecule has 0 radical (unpaired) electrons. The van der Waals surface area contributed by atoms with Gasteiger partial charge in [0.1, 0.15) is 5.82 Å². The summed E-state index contributed by atoms with van der Waals surface area (Å²) in [4.78, 5) is 16.6. The highest BCUT2D eigenvalue weighted by molar-refractivity contribution is 7.99. The topological polar surface area (TPSA) is 96.5 Å². The molecule has 0 fully saturated rings. The summed E-state index contributed by atoms with van der Waals surface area (Å²) in [5, 5.41) is 20.3. The normalized spacial score (nSPS) is 10.9. The van der Waals surface area contributed by atoms with Crippen LogP contribution in [0.3, 0.4) is 0 Å². The molecule has 0 aliphatic rings. The molecule has 4 aromatic rings. The quantitative estimate of drug-likeness (QED) is 0.388. The van der Waals surface area contributed by atoms with Gasteiger partial charge in [0.05, 0.1) is 12.4 Å². The molecule has 0 saturated heterocycles. The Morgan fingerprint density at radius 1 is 1.07 bits per heavy atom. The Morgan fingerprint density at radius 2 is 1.93 bits per heavy atom. The summed E-state index contributed by atoms with van der Waals surface area (Å²) in [6.07, 6.45) is 3.41. The zero-order chi connectivity index (χ0) is 19.3. The van der Waals surface area contributed by atoms with E-state index < -0.39 is 0 Å². The lowest BCUT2D eigenvalue weighted by atomic mass is 10.0. The van der Waals surface area contributed by atoms with Crippen molar-refractivity contribution in [2.45, 2.75) is 12.1 Å². The number of amides is 1. The van der Waals surface area contributed by atoms with Gasteiger partial charge in [-0.15, -0.1) is 5.10 Å². The summed E-state index contributed by atoms with van der Waals surface area (Å²) in [5.41, 5.74) is 2.72. The Labute approximate surface area is 166 Å². The minimum absolute atomic E-state index is 0.0870. The fourth-order valence-corrected chi connectivity index (χ4v) is 3.52. The summed E-state index contributed by atoms with van der Waals surface area (Å²) in [6.45, 7) is 2.40. The molecule has 140 valence electrons. The van der Waals surface area contributed by atoms with Crippen LogP contribution in [-0.2, 0) is 0 Å². The van der Waals surface area contributed by atoms with Crippen LogP contribution in [-0.4, -0.2) is 43.6 Å². The molecule has 2 aromatic carbocycles. The highest BCUT2D eigenvalue weighted by atomic mass is 32.2. The maximum absolute atomic E-state index is 12.4. The van der Waals surface area contributed by atoms with Crippen molar-refractivity contribution in [1.29, 1.82) is 0 Å². The fraction of sp³-hybridized carbons (Fsp3) is 0.150. The third-order valence-electron chi connectivity index (χ3n) is 4.22. The van der Waals surface area contributed by atoms with Crippen molar-refractivity contribution in [3.05, 3.63) is 66.2 Å². The molecule has 8 heteroatoms. The lowest BCUT2D eigenvalue weighted by molar-refractivity contribution is 0.0956. The molecule has 0 saturated carbocycles. The van der Waals surface area contributed by atoms with Crippen molar-refractivity contribution in [1.82, 2.24) is 30.7 Å². The number of hydrogen-bond donors (Lipinski definition) is 2. The number of aromatic amines is 1. The number of carbonyl (C=O) groups excluding carboxylic acids is 1. The van der Waals surface area contributed by atoms with Gasteiger partial charge in [-0.2, -0.15) is 10.2 Å². The molecule has 0 spiro atoms. The molecule has 0 atom stereocenters. The monoisotopic (exact) mass is 390 g/mol. The van der Waals surface area contributed by atoms with Gasteiger partial charge in [-0.3, -0.25) is 9.89 Å². The highest BCUT2D eigenvalue weighted by Crippen LogP contribution is 2.24. The number of rotatable bonds is 6. The lowest BCUT2D eigenvalue weighted by Gasteiger charge is -2.07. The summed E-state index contributed by atoms with van der Waals surface area (Å²) in [6, 6.07) is 13.8. The molecule has 0 aliphatic heterocycles. The number of aryl methyl sites for hydroxylation is 1. The Morgan fingerprint density at radius 3 is 2.71 bits per heavy atom. The van der Waals surface area contributed by atoms with E-state index in [1.807, 2.05) is 43.3 Å². The van der Waals surface area contributed by atoms with Gasteiger partial charge in [-0.05, 0) is 47.5 Å².